The SMILES string of the molecule is COc1ccc(CN2CCn3c(-c4nc(/C=C/Cl)ns4)nnc3[C@H]2C)c(OC)c1. The smallest absolute Gasteiger partial charge is 0.194 e. The highest BCUT2D eigenvalue weighted by atomic mass is 35.5. The molecule has 0 aliphatic carbocycles. The lowest BCUT2D eigenvalue weighted by atomic mass is 10.1. The second-order valence-corrected chi connectivity index (χ2v) is 7.61. The zero-order valence-corrected chi connectivity index (χ0v) is 17.9. The fraction of sp³-hybridized carbons (Fsp3) is 0.368. The van der Waals surface area contributed by atoms with E-state index in [2.05, 4.69) is 35.9 Å². The Labute approximate surface area is 177 Å². The van der Waals surface area contributed by atoms with Gasteiger partial charge in [-0.1, -0.05) is 17.7 Å². The summed E-state index contributed by atoms with van der Waals surface area (Å²) in [6.07, 6.45) is 1.65. The Kier molecular flexibility index (Phi) is 5.79. The van der Waals surface area contributed by atoms with Crippen LogP contribution in [0.5, 0.6) is 11.5 Å². The molecule has 0 amide bonds. The lowest BCUT2D eigenvalue weighted by Crippen LogP contribution is -2.36. The van der Waals surface area contributed by atoms with Gasteiger partial charge in [-0.3, -0.25) is 4.90 Å². The third kappa shape index (κ3) is 3.85. The lowest BCUT2D eigenvalue weighted by molar-refractivity contribution is 0.155. The van der Waals surface area contributed by atoms with Crippen molar-refractivity contribution in [1.82, 2.24) is 29.0 Å². The van der Waals surface area contributed by atoms with Gasteiger partial charge < -0.3 is 14.0 Å². The van der Waals surface area contributed by atoms with Crippen LogP contribution in [0.1, 0.15) is 30.2 Å². The highest BCUT2D eigenvalue weighted by molar-refractivity contribution is 7.09. The van der Waals surface area contributed by atoms with Crippen molar-refractivity contribution in [3.63, 3.8) is 0 Å². The maximum Gasteiger partial charge on any atom is 0.194 e. The van der Waals surface area contributed by atoms with Gasteiger partial charge in [-0.15, -0.1) is 10.2 Å². The first kappa shape index (κ1) is 19.8. The van der Waals surface area contributed by atoms with E-state index in [-0.39, 0.29) is 6.04 Å². The largest absolute Gasteiger partial charge is 0.497 e. The van der Waals surface area contributed by atoms with E-state index in [1.54, 1.807) is 20.3 Å². The number of benzene rings is 1. The zero-order chi connectivity index (χ0) is 20.4. The molecule has 0 spiro atoms. The van der Waals surface area contributed by atoms with Gasteiger partial charge in [0.1, 0.15) is 11.5 Å². The van der Waals surface area contributed by atoms with E-state index in [1.807, 2.05) is 18.2 Å². The second kappa shape index (κ2) is 8.48. The zero-order valence-electron chi connectivity index (χ0n) is 16.4. The quantitative estimate of drug-likeness (QED) is 0.588. The molecule has 4 rings (SSSR count). The molecular weight excluding hydrogens is 412 g/mol. The van der Waals surface area contributed by atoms with Gasteiger partial charge in [-0.25, -0.2) is 4.98 Å². The highest BCUT2D eigenvalue weighted by Crippen LogP contribution is 2.32. The Bertz CT molecular complexity index is 1030. The maximum atomic E-state index is 5.62. The first-order valence-electron chi connectivity index (χ1n) is 9.13. The molecule has 1 aliphatic heterocycles. The number of ether oxygens (including phenoxy) is 2. The minimum atomic E-state index is 0.104. The molecule has 10 heteroatoms. The van der Waals surface area contributed by atoms with Crippen molar-refractivity contribution in [1.29, 1.82) is 0 Å². The average Bonchev–Trinajstić information content (AvgIpc) is 3.37. The molecule has 0 bridgehead atoms. The van der Waals surface area contributed by atoms with Crippen LogP contribution in [-0.4, -0.2) is 49.8 Å². The summed E-state index contributed by atoms with van der Waals surface area (Å²) in [4.78, 5) is 6.83. The van der Waals surface area contributed by atoms with Crippen LogP contribution in [0.2, 0.25) is 0 Å². The van der Waals surface area contributed by atoms with Crippen molar-refractivity contribution in [2.45, 2.75) is 26.1 Å². The molecule has 0 fully saturated rings. The molecule has 8 nitrogen and oxygen atoms in total. The van der Waals surface area contributed by atoms with Gasteiger partial charge >= 0.3 is 0 Å². The summed E-state index contributed by atoms with van der Waals surface area (Å²) in [6, 6.07) is 6.01. The highest BCUT2D eigenvalue weighted by Gasteiger charge is 2.30. The van der Waals surface area contributed by atoms with Gasteiger partial charge in [0.2, 0.25) is 0 Å². The van der Waals surface area contributed by atoms with E-state index < -0.39 is 0 Å². The summed E-state index contributed by atoms with van der Waals surface area (Å²) >= 11 is 6.91. The second-order valence-electron chi connectivity index (χ2n) is 6.61. The van der Waals surface area contributed by atoms with Gasteiger partial charge in [0, 0.05) is 36.8 Å². The van der Waals surface area contributed by atoms with Gasteiger partial charge in [0.25, 0.3) is 0 Å². The summed E-state index contributed by atoms with van der Waals surface area (Å²) in [5.41, 5.74) is 2.51. The van der Waals surface area contributed by atoms with E-state index in [4.69, 9.17) is 21.1 Å². The molecule has 0 saturated carbocycles. The summed E-state index contributed by atoms with van der Waals surface area (Å²) in [6.45, 7) is 4.53. The van der Waals surface area contributed by atoms with Crippen LogP contribution in [0.3, 0.4) is 0 Å². The van der Waals surface area contributed by atoms with E-state index in [1.165, 1.54) is 17.1 Å². The molecular formula is C19H21ClN6O2S. The third-order valence-corrected chi connectivity index (χ3v) is 5.88. The number of aromatic nitrogens is 5. The number of methoxy groups -OCH3 is 2. The molecule has 0 radical (unpaired) electrons. The lowest BCUT2D eigenvalue weighted by Gasteiger charge is -2.33. The molecule has 0 N–H and O–H groups in total. The van der Waals surface area contributed by atoms with Crippen LogP contribution in [0.4, 0.5) is 0 Å². The molecule has 3 aromatic rings. The molecule has 1 aliphatic rings. The van der Waals surface area contributed by atoms with Crippen molar-refractivity contribution in [3.8, 4) is 22.3 Å². The topological polar surface area (TPSA) is 78.2 Å². The third-order valence-electron chi connectivity index (χ3n) is 5.02. The van der Waals surface area contributed by atoms with Gasteiger partial charge in [-0.05, 0) is 30.6 Å². The summed E-state index contributed by atoms with van der Waals surface area (Å²) in [7, 11) is 3.33. The number of fused-ring (bicyclic) bond motifs is 1. The van der Waals surface area contributed by atoms with E-state index in [0.29, 0.717) is 5.82 Å². The van der Waals surface area contributed by atoms with Gasteiger partial charge in [-0.2, -0.15) is 4.37 Å². The summed E-state index contributed by atoms with van der Waals surface area (Å²) < 4.78 is 17.2. The summed E-state index contributed by atoms with van der Waals surface area (Å²) in [5, 5.41) is 9.57. The van der Waals surface area contributed by atoms with Crippen LogP contribution in [0.15, 0.2) is 23.7 Å². The van der Waals surface area contributed by atoms with Gasteiger partial charge in [0.15, 0.2) is 22.5 Å². The number of rotatable bonds is 6. The first-order valence-corrected chi connectivity index (χ1v) is 10.3. The van der Waals surface area contributed by atoms with Crippen LogP contribution in [-0.2, 0) is 13.1 Å². The first-order chi connectivity index (χ1) is 14.1. The van der Waals surface area contributed by atoms with Crippen LogP contribution >= 0.6 is 23.1 Å². The van der Waals surface area contributed by atoms with Gasteiger partial charge in [0.05, 0.1) is 20.3 Å². The predicted octanol–water partition coefficient (Wildman–Crippen LogP) is 3.60. The fourth-order valence-corrected chi connectivity index (χ4v) is 4.22. The molecule has 29 heavy (non-hydrogen) atoms. The van der Waals surface area contributed by atoms with Crippen molar-refractivity contribution in [2.75, 3.05) is 20.8 Å². The number of hydrogen-bond acceptors (Lipinski definition) is 8. The molecule has 2 aromatic heterocycles. The Balaban J connectivity index is 1.56. The standard InChI is InChI=1S/C19H21ClN6O2S/c1-12-17-22-23-18(19-21-16(6-7-20)24-29-19)26(17)9-8-25(12)11-13-4-5-14(27-2)10-15(13)28-3/h4-7,10,12H,8-9,11H2,1-3H3/b7-6+/t12-/m1/s1. The predicted molar refractivity (Wildman–Crippen MR) is 112 cm³/mol. The number of hydrogen-bond donors (Lipinski definition) is 0. The van der Waals surface area contributed by atoms with Crippen molar-refractivity contribution in [3.05, 3.63) is 40.9 Å². The number of halogens is 1. The normalized spacial score (nSPS) is 16.9. The minimum absolute atomic E-state index is 0.104. The maximum absolute atomic E-state index is 5.62. The molecule has 1 aromatic carbocycles. The van der Waals surface area contributed by atoms with Crippen LogP contribution < -0.4 is 9.47 Å². The Morgan fingerprint density at radius 1 is 1.24 bits per heavy atom. The monoisotopic (exact) mass is 432 g/mol. The van der Waals surface area contributed by atoms with Crippen molar-refractivity contribution < 1.29 is 9.47 Å². The van der Waals surface area contributed by atoms with Crippen LogP contribution in [0, 0.1) is 0 Å². The Morgan fingerprint density at radius 3 is 2.86 bits per heavy atom. The fourth-order valence-electron chi connectivity index (χ4n) is 3.46. The molecule has 3 heterocycles. The number of nitrogens with zero attached hydrogens (tertiary/aromatic N) is 6. The minimum Gasteiger partial charge on any atom is -0.497 e. The Hall–Kier alpha value is -2.49. The molecule has 0 saturated heterocycles. The van der Waals surface area contributed by atoms with E-state index in [9.17, 15) is 0 Å². The molecule has 152 valence electrons. The van der Waals surface area contributed by atoms with E-state index in [0.717, 1.165) is 53.4 Å². The van der Waals surface area contributed by atoms with E-state index >= 15 is 0 Å². The molecule has 1 atom stereocenters. The van der Waals surface area contributed by atoms with Crippen molar-refractivity contribution in [2.24, 2.45) is 0 Å². The summed E-state index contributed by atoms with van der Waals surface area (Å²) in [5.74, 6) is 3.85. The Morgan fingerprint density at radius 2 is 2.10 bits per heavy atom. The average molecular weight is 433 g/mol. The van der Waals surface area contributed by atoms with Crippen LogP contribution in [0.25, 0.3) is 16.9 Å². The molecule has 0 unspecified atom stereocenters. The van der Waals surface area contributed by atoms with Crippen molar-refractivity contribution >= 4 is 29.2 Å².